The van der Waals surface area contributed by atoms with Crippen molar-refractivity contribution in [1.82, 2.24) is 0 Å². The Morgan fingerprint density at radius 2 is 0.938 bits per heavy atom. The van der Waals surface area contributed by atoms with E-state index in [1.807, 2.05) is 84.9 Å². The van der Waals surface area contributed by atoms with Crippen LogP contribution in [0.2, 0.25) is 0 Å². The third-order valence-electron chi connectivity index (χ3n) is 4.87. The molecule has 2 fully saturated rings. The predicted molar refractivity (Wildman–Crippen MR) is 133 cm³/mol. The molecule has 0 saturated carbocycles. The van der Waals surface area contributed by atoms with Crippen LogP contribution in [0.3, 0.4) is 0 Å². The maximum absolute atomic E-state index is 12.5. The molecule has 2 aliphatic heterocycles. The van der Waals surface area contributed by atoms with Crippen LogP contribution in [0, 0.1) is 0 Å². The van der Waals surface area contributed by atoms with Crippen LogP contribution in [-0.4, -0.2) is 33.7 Å². The molecule has 8 heteroatoms. The molecule has 5 rings (SSSR count). The largest absolute Gasteiger partial charge is 0.273 e. The van der Waals surface area contributed by atoms with Crippen LogP contribution in [-0.2, 0) is 9.59 Å². The second-order valence-electron chi connectivity index (χ2n) is 6.98. The van der Waals surface area contributed by atoms with Crippen molar-refractivity contribution in [2.24, 2.45) is 9.98 Å². The number of hydrogen-bond donors (Lipinski definition) is 0. The average Bonchev–Trinajstić information content (AvgIpc) is 3.38. The number of carbonyl (C=O) groups is 2. The Morgan fingerprint density at radius 3 is 1.34 bits per heavy atom. The monoisotopic (exact) mass is 458 g/mol. The van der Waals surface area contributed by atoms with Gasteiger partial charge in [-0.1, -0.05) is 72.1 Å². The van der Waals surface area contributed by atoms with E-state index < -0.39 is 0 Å². The molecule has 2 saturated heterocycles. The van der Waals surface area contributed by atoms with Crippen LogP contribution in [0.4, 0.5) is 22.7 Å². The molecular formula is C24H18N4O2S2. The van der Waals surface area contributed by atoms with Crippen LogP contribution in [0.1, 0.15) is 0 Å². The fourth-order valence-electron chi connectivity index (χ4n) is 3.41. The van der Waals surface area contributed by atoms with Crippen molar-refractivity contribution in [3.63, 3.8) is 0 Å². The number of aliphatic imine (C=N–C) groups is 2. The highest BCUT2D eigenvalue weighted by molar-refractivity contribution is 8.15. The fourth-order valence-corrected chi connectivity index (χ4v) is 5.17. The third kappa shape index (κ3) is 4.06. The Morgan fingerprint density at radius 1 is 0.562 bits per heavy atom. The van der Waals surface area contributed by atoms with Crippen LogP contribution in [0.25, 0.3) is 0 Å². The second kappa shape index (κ2) is 9.02. The Bertz CT molecular complexity index is 1130. The number of hydrogen-bond acceptors (Lipinski definition) is 6. The molecule has 0 atom stereocenters. The number of nitrogens with zero attached hydrogens (tertiary/aromatic N) is 4. The number of anilines is 2. The topological polar surface area (TPSA) is 65.3 Å². The summed E-state index contributed by atoms with van der Waals surface area (Å²) in [5.41, 5.74) is 2.87. The molecule has 0 aromatic heterocycles. The van der Waals surface area contributed by atoms with Crippen molar-refractivity contribution in [2.75, 3.05) is 21.3 Å². The first-order chi connectivity index (χ1) is 15.7. The maximum Gasteiger partial charge on any atom is 0.243 e. The Hall–Kier alpha value is -3.36. The molecule has 0 N–H and O–H groups in total. The van der Waals surface area contributed by atoms with Gasteiger partial charge in [-0.25, -0.2) is 9.98 Å². The zero-order chi connectivity index (χ0) is 21.9. The van der Waals surface area contributed by atoms with Gasteiger partial charge in [0, 0.05) is 0 Å². The lowest BCUT2D eigenvalue weighted by Gasteiger charge is -2.17. The van der Waals surface area contributed by atoms with Crippen LogP contribution >= 0.6 is 23.5 Å². The summed E-state index contributed by atoms with van der Waals surface area (Å²) in [4.78, 5) is 37.9. The zero-order valence-electron chi connectivity index (χ0n) is 16.9. The van der Waals surface area contributed by atoms with Gasteiger partial charge in [-0.05, 0) is 36.4 Å². The van der Waals surface area contributed by atoms with Gasteiger partial charge in [-0.15, -0.1) is 0 Å². The number of amides is 2. The van der Waals surface area contributed by atoms with Crippen LogP contribution in [0.5, 0.6) is 0 Å². The Labute approximate surface area is 194 Å². The van der Waals surface area contributed by atoms with Crippen molar-refractivity contribution >= 4 is 68.4 Å². The zero-order valence-corrected chi connectivity index (χ0v) is 18.6. The summed E-state index contributed by atoms with van der Waals surface area (Å²) in [5, 5.41) is 1.23. The summed E-state index contributed by atoms with van der Waals surface area (Å²) in [6, 6.07) is 26.5. The minimum absolute atomic E-state index is 0.00376. The molecule has 6 nitrogen and oxygen atoms in total. The molecule has 0 unspecified atom stereocenters. The van der Waals surface area contributed by atoms with Crippen molar-refractivity contribution in [2.45, 2.75) is 0 Å². The predicted octanol–water partition coefficient (Wildman–Crippen LogP) is 5.22. The summed E-state index contributed by atoms with van der Waals surface area (Å²) in [6.07, 6.45) is 0. The molecule has 3 aromatic rings. The molecule has 2 heterocycles. The van der Waals surface area contributed by atoms with E-state index in [-0.39, 0.29) is 11.8 Å². The first kappa shape index (κ1) is 20.5. The van der Waals surface area contributed by atoms with Crippen LogP contribution in [0.15, 0.2) is 94.9 Å². The van der Waals surface area contributed by atoms with Gasteiger partial charge in [0.2, 0.25) is 11.8 Å². The van der Waals surface area contributed by atoms with Crippen LogP contribution < -0.4 is 9.80 Å². The van der Waals surface area contributed by atoms with Gasteiger partial charge in [0.05, 0.1) is 34.3 Å². The molecule has 2 aliphatic rings. The molecule has 3 aromatic carbocycles. The van der Waals surface area contributed by atoms with Gasteiger partial charge in [0.1, 0.15) is 0 Å². The molecule has 0 spiro atoms. The summed E-state index contributed by atoms with van der Waals surface area (Å²) < 4.78 is 0. The number of thioether (sulfide) groups is 2. The highest BCUT2D eigenvalue weighted by atomic mass is 32.2. The molecule has 2 amide bonds. The number of para-hydroxylation sites is 4. The van der Waals surface area contributed by atoms with Gasteiger partial charge in [-0.2, -0.15) is 0 Å². The lowest BCUT2D eigenvalue weighted by atomic mass is 10.2. The van der Waals surface area contributed by atoms with Crippen molar-refractivity contribution in [3.8, 4) is 0 Å². The number of benzene rings is 3. The van der Waals surface area contributed by atoms with Gasteiger partial charge >= 0.3 is 0 Å². The van der Waals surface area contributed by atoms with E-state index in [1.165, 1.54) is 23.5 Å². The summed E-state index contributed by atoms with van der Waals surface area (Å²) in [7, 11) is 0. The van der Waals surface area contributed by atoms with E-state index >= 15 is 0 Å². The summed E-state index contributed by atoms with van der Waals surface area (Å²) >= 11 is 2.81. The maximum atomic E-state index is 12.5. The SMILES string of the molecule is O=C1CSC(=Nc2ccccc2N=C2SCC(=O)N2c2ccccc2)N1c1ccccc1. The Kier molecular flexibility index (Phi) is 5.79. The number of rotatable bonds is 4. The standard InChI is InChI=1S/C24H18N4O2S2/c29-21-15-31-23(27(21)17-9-3-1-4-10-17)25-19-13-7-8-14-20(19)26-24-28(22(30)16-32-24)18-11-5-2-6-12-18/h1-14H,15-16H2. The first-order valence-corrected chi connectivity index (χ1v) is 12.0. The van der Waals surface area contributed by atoms with Crippen molar-refractivity contribution in [3.05, 3.63) is 84.9 Å². The number of amidine groups is 2. The quantitative estimate of drug-likeness (QED) is 0.538. The van der Waals surface area contributed by atoms with E-state index in [9.17, 15) is 9.59 Å². The summed E-state index contributed by atoms with van der Waals surface area (Å²) in [5.74, 6) is 0.680. The summed E-state index contributed by atoms with van der Waals surface area (Å²) in [6.45, 7) is 0. The van der Waals surface area contributed by atoms with E-state index in [0.717, 1.165) is 11.4 Å². The molecular weight excluding hydrogens is 440 g/mol. The van der Waals surface area contributed by atoms with Gasteiger partial charge < -0.3 is 0 Å². The highest BCUT2D eigenvalue weighted by Crippen LogP contribution is 2.35. The minimum atomic E-state index is -0.00376. The smallest absolute Gasteiger partial charge is 0.243 e. The molecule has 0 bridgehead atoms. The van der Waals surface area contributed by atoms with Gasteiger partial charge in [0.25, 0.3) is 0 Å². The van der Waals surface area contributed by atoms with E-state index in [1.54, 1.807) is 9.80 Å². The van der Waals surface area contributed by atoms with Crippen molar-refractivity contribution in [1.29, 1.82) is 0 Å². The second-order valence-corrected chi connectivity index (χ2v) is 8.87. The average molecular weight is 459 g/mol. The number of carbonyl (C=O) groups excluding carboxylic acids is 2. The molecule has 0 aliphatic carbocycles. The molecule has 32 heavy (non-hydrogen) atoms. The van der Waals surface area contributed by atoms with E-state index in [4.69, 9.17) is 9.98 Å². The Balaban J connectivity index is 1.52. The van der Waals surface area contributed by atoms with Gasteiger partial charge in [0.15, 0.2) is 10.3 Å². The lowest BCUT2D eigenvalue weighted by Crippen LogP contribution is -2.29. The van der Waals surface area contributed by atoms with Gasteiger partial charge in [-0.3, -0.25) is 19.4 Å². The molecule has 0 radical (unpaired) electrons. The first-order valence-electron chi connectivity index (χ1n) is 9.99. The third-order valence-corrected chi connectivity index (χ3v) is 6.72. The molecule has 158 valence electrons. The van der Waals surface area contributed by atoms with Crippen molar-refractivity contribution < 1.29 is 9.59 Å². The lowest BCUT2D eigenvalue weighted by molar-refractivity contribution is -0.115. The fraction of sp³-hybridized carbons (Fsp3) is 0.0833. The highest BCUT2D eigenvalue weighted by Gasteiger charge is 2.31. The minimum Gasteiger partial charge on any atom is -0.273 e. The van der Waals surface area contributed by atoms with E-state index in [0.29, 0.717) is 33.2 Å². The van der Waals surface area contributed by atoms with E-state index in [2.05, 4.69) is 0 Å². The normalized spacial score (nSPS) is 18.9.